The first-order valence-electron chi connectivity index (χ1n) is 7.12. The van der Waals surface area contributed by atoms with Gasteiger partial charge in [-0.15, -0.1) is 0 Å². The van der Waals surface area contributed by atoms with Crippen LogP contribution in [0.15, 0.2) is 48.5 Å². The standard InChI is InChI=1S/C18H21NO2/c1-13-9-10-14(2)17(11-13)21-15(3)18(20)19-12-16-7-5-4-6-8-16/h4-11,15H,12H2,1-3H3,(H,19,20)/t15-/m0/s1. The molecule has 2 rings (SSSR count). The summed E-state index contributed by atoms with van der Waals surface area (Å²) in [6.45, 7) is 6.26. The maximum absolute atomic E-state index is 12.1. The summed E-state index contributed by atoms with van der Waals surface area (Å²) < 4.78 is 5.76. The van der Waals surface area contributed by atoms with Crippen molar-refractivity contribution < 1.29 is 9.53 Å². The molecule has 0 unspecified atom stereocenters. The molecule has 1 atom stereocenters. The van der Waals surface area contributed by atoms with Gasteiger partial charge >= 0.3 is 0 Å². The Kier molecular flexibility index (Phi) is 4.99. The highest BCUT2D eigenvalue weighted by Gasteiger charge is 2.15. The van der Waals surface area contributed by atoms with Crippen molar-refractivity contribution in [3.05, 3.63) is 65.2 Å². The molecule has 2 aromatic rings. The molecule has 0 bridgehead atoms. The lowest BCUT2D eigenvalue weighted by Gasteiger charge is -2.16. The Morgan fingerprint density at radius 2 is 1.86 bits per heavy atom. The quantitative estimate of drug-likeness (QED) is 0.913. The molecule has 0 radical (unpaired) electrons. The Bertz CT molecular complexity index is 608. The van der Waals surface area contributed by atoms with Gasteiger partial charge in [-0.05, 0) is 43.5 Å². The van der Waals surface area contributed by atoms with Crippen molar-refractivity contribution in [2.24, 2.45) is 0 Å². The highest BCUT2D eigenvalue weighted by Crippen LogP contribution is 2.20. The lowest BCUT2D eigenvalue weighted by molar-refractivity contribution is -0.127. The van der Waals surface area contributed by atoms with Gasteiger partial charge in [-0.1, -0.05) is 42.5 Å². The van der Waals surface area contributed by atoms with Crippen LogP contribution in [0.1, 0.15) is 23.6 Å². The molecule has 0 saturated carbocycles. The minimum absolute atomic E-state index is 0.111. The minimum Gasteiger partial charge on any atom is -0.481 e. The van der Waals surface area contributed by atoms with E-state index in [0.717, 1.165) is 22.4 Å². The van der Waals surface area contributed by atoms with Crippen LogP contribution in [0.3, 0.4) is 0 Å². The molecular formula is C18H21NO2. The summed E-state index contributed by atoms with van der Waals surface area (Å²) >= 11 is 0. The molecule has 3 nitrogen and oxygen atoms in total. The SMILES string of the molecule is Cc1ccc(C)c(O[C@@H](C)C(=O)NCc2ccccc2)c1. The first-order chi connectivity index (χ1) is 10.1. The average Bonchev–Trinajstić information content (AvgIpc) is 2.49. The fraction of sp³-hybridized carbons (Fsp3) is 0.278. The van der Waals surface area contributed by atoms with Gasteiger partial charge in [0.05, 0.1) is 0 Å². The third-order valence-electron chi connectivity index (χ3n) is 3.33. The predicted octanol–water partition coefficient (Wildman–Crippen LogP) is 3.39. The summed E-state index contributed by atoms with van der Waals surface area (Å²) in [6.07, 6.45) is -0.519. The van der Waals surface area contributed by atoms with Crippen molar-refractivity contribution >= 4 is 5.91 Å². The summed E-state index contributed by atoms with van der Waals surface area (Å²) in [7, 11) is 0. The van der Waals surface area contributed by atoms with Gasteiger partial charge in [0, 0.05) is 6.54 Å². The number of hydrogen-bond acceptors (Lipinski definition) is 2. The van der Waals surface area contributed by atoms with Crippen molar-refractivity contribution in [1.29, 1.82) is 0 Å². The summed E-state index contributed by atoms with van der Waals surface area (Å²) in [5.74, 6) is 0.650. The lowest BCUT2D eigenvalue weighted by Crippen LogP contribution is -2.36. The van der Waals surface area contributed by atoms with Gasteiger partial charge < -0.3 is 10.1 Å². The van der Waals surface area contributed by atoms with E-state index in [1.165, 1.54) is 0 Å². The third-order valence-corrected chi connectivity index (χ3v) is 3.33. The van der Waals surface area contributed by atoms with Gasteiger partial charge in [0.1, 0.15) is 5.75 Å². The first-order valence-corrected chi connectivity index (χ1v) is 7.12. The fourth-order valence-electron chi connectivity index (χ4n) is 2.01. The van der Waals surface area contributed by atoms with E-state index in [9.17, 15) is 4.79 Å². The van der Waals surface area contributed by atoms with Crippen LogP contribution in [0.4, 0.5) is 0 Å². The highest BCUT2D eigenvalue weighted by atomic mass is 16.5. The van der Waals surface area contributed by atoms with E-state index < -0.39 is 6.10 Å². The summed E-state index contributed by atoms with van der Waals surface area (Å²) in [6, 6.07) is 15.8. The van der Waals surface area contributed by atoms with Gasteiger partial charge in [-0.2, -0.15) is 0 Å². The maximum atomic E-state index is 12.1. The van der Waals surface area contributed by atoms with Crippen molar-refractivity contribution in [1.82, 2.24) is 5.32 Å². The van der Waals surface area contributed by atoms with E-state index in [-0.39, 0.29) is 5.91 Å². The van der Waals surface area contributed by atoms with Crippen molar-refractivity contribution in [3.63, 3.8) is 0 Å². The van der Waals surface area contributed by atoms with E-state index in [4.69, 9.17) is 4.74 Å². The zero-order valence-electron chi connectivity index (χ0n) is 12.7. The van der Waals surface area contributed by atoms with Gasteiger partial charge in [-0.3, -0.25) is 4.79 Å². The number of aryl methyl sites for hydroxylation is 2. The smallest absolute Gasteiger partial charge is 0.261 e. The molecule has 3 heteroatoms. The predicted molar refractivity (Wildman–Crippen MR) is 84.3 cm³/mol. The molecule has 1 N–H and O–H groups in total. The molecule has 0 saturated heterocycles. The third kappa shape index (κ3) is 4.35. The van der Waals surface area contributed by atoms with Crippen LogP contribution < -0.4 is 10.1 Å². The van der Waals surface area contributed by atoms with Gasteiger partial charge in [0.2, 0.25) is 0 Å². The topological polar surface area (TPSA) is 38.3 Å². The van der Waals surface area contributed by atoms with Crippen LogP contribution in [0.2, 0.25) is 0 Å². The van der Waals surface area contributed by atoms with Crippen molar-refractivity contribution in [2.45, 2.75) is 33.4 Å². The van der Waals surface area contributed by atoms with Crippen LogP contribution in [0.5, 0.6) is 5.75 Å². The van der Waals surface area contributed by atoms with Crippen LogP contribution in [0, 0.1) is 13.8 Å². The lowest BCUT2D eigenvalue weighted by atomic mass is 10.1. The highest BCUT2D eigenvalue weighted by molar-refractivity contribution is 5.80. The Morgan fingerprint density at radius 3 is 2.57 bits per heavy atom. The molecule has 2 aromatic carbocycles. The minimum atomic E-state index is -0.519. The molecule has 21 heavy (non-hydrogen) atoms. The number of carbonyl (C=O) groups is 1. The monoisotopic (exact) mass is 283 g/mol. The molecule has 0 heterocycles. The Labute approximate surface area is 126 Å². The van der Waals surface area contributed by atoms with Gasteiger partial charge in [-0.25, -0.2) is 0 Å². The number of benzene rings is 2. The molecule has 0 fully saturated rings. The van der Waals surface area contributed by atoms with Crippen molar-refractivity contribution in [2.75, 3.05) is 0 Å². The summed E-state index contributed by atoms with van der Waals surface area (Å²) in [5, 5.41) is 2.89. The van der Waals surface area contributed by atoms with Gasteiger partial charge in [0.15, 0.2) is 6.10 Å². The number of nitrogens with one attached hydrogen (secondary N) is 1. The zero-order valence-corrected chi connectivity index (χ0v) is 12.7. The van der Waals surface area contributed by atoms with E-state index in [2.05, 4.69) is 5.32 Å². The normalized spacial score (nSPS) is 11.8. The second-order valence-corrected chi connectivity index (χ2v) is 5.23. The molecule has 0 aromatic heterocycles. The number of amides is 1. The number of rotatable bonds is 5. The van der Waals surface area contributed by atoms with Crippen LogP contribution >= 0.6 is 0 Å². The van der Waals surface area contributed by atoms with E-state index >= 15 is 0 Å². The Hall–Kier alpha value is -2.29. The fourth-order valence-corrected chi connectivity index (χ4v) is 2.01. The van der Waals surface area contributed by atoms with Crippen molar-refractivity contribution in [3.8, 4) is 5.75 Å². The van der Waals surface area contributed by atoms with E-state index in [0.29, 0.717) is 6.54 Å². The first kappa shape index (κ1) is 15.1. The molecule has 1 amide bonds. The van der Waals surface area contributed by atoms with Crippen LogP contribution in [-0.4, -0.2) is 12.0 Å². The molecule has 0 aliphatic rings. The summed E-state index contributed by atoms with van der Waals surface area (Å²) in [4.78, 5) is 12.1. The van der Waals surface area contributed by atoms with Crippen LogP contribution in [-0.2, 0) is 11.3 Å². The molecule has 0 aliphatic heterocycles. The molecule has 110 valence electrons. The van der Waals surface area contributed by atoms with Gasteiger partial charge in [0.25, 0.3) is 5.91 Å². The average molecular weight is 283 g/mol. The number of hydrogen-bond donors (Lipinski definition) is 1. The second-order valence-electron chi connectivity index (χ2n) is 5.23. The van der Waals surface area contributed by atoms with E-state index in [1.807, 2.05) is 62.4 Å². The number of carbonyl (C=O) groups excluding carboxylic acids is 1. The summed E-state index contributed by atoms with van der Waals surface area (Å²) in [5.41, 5.74) is 3.22. The number of ether oxygens (including phenoxy) is 1. The Morgan fingerprint density at radius 1 is 1.14 bits per heavy atom. The molecular weight excluding hydrogens is 262 g/mol. The Balaban J connectivity index is 1.92. The maximum Gasteiger partial charge on any atom is 0.261 e. The molecule has 0 spiro atoms. The molecule has 0 aliphatic carbocycles. The van der Waals surface area contributed by atoms with E-state index in [1.54, 1.807) is 6.92 Å². The van der Waals surface area contributed by atoms with Crippen LogP contribution in [0.25, 0.3) is 0 Å². The zero-order chi connectivity index (χ0) is 15.2. The second kappa shape index (κ2) is 6.93. The largest absolute Gasteiger partial charge is 0.481 e.